The summed E-state index contributed by atoms with van der Waals surface area (Å²) in [6.45, 7) is 5.07. The lowest BCUT2D eigenvalue weighted by Gasteiger charge is -2.33. The Bertz CT molecular complexity index is 324. The molecule has 0 aromatic heterocycles. The second-order valence-electron chi connectivity index (χ2n) is 5.29. The van der Waals surface area contributed by atoms with E-state index in [2.05, 4.69) is 68.2 Å². The first-order valence-electron chi connectivity index (χ1n) is 6.66. The third-order valence-corrected chi connectivity index (χ3v) is 3.61. The second kappa shape index (κ2) is 7.52. The number of likely N-dealkylation sites (N-methyl/N-ethyl adjacent to an activating group) is 2. The highest BCUT2D eigenvalue weighted by Gasteiger charge is 2.21. The van der Waals surface area contributed by atoms with E-state index in [0.717, 1.165) is 13.1 Å². The zero-order valence-electron chi connectivity index (χ0n) is 12.1. The summed E-state index contributed by atoms with van der Waals surface area (Å²) in [6, 6.07) is 11.0. The highest BCUT2D eigenvalue weighted by atomic mass is 15.2. The van der Waals surface area contributed by atoms with E-state index in [1.54, 1.807) is 0 Å². The first-order chi connectivity index (χ1) is 8.56. The fourth-order valence-electron chi connectivity index (χ4n) is 2.27. The smallest absolute Gasteiger partial charge is 0.0281 e. The fourth-order valence-corrected chi connectivity index (χ4v) is 2.27. The van der Waals surface area contributed by atoms with Crippen molar-refractivity contribution in [1.29, 1.82) is 0 Å². The van der Waals surface area contributed by atoms with Crippen molar-refractivity contribution >= 4 is 0 Å². The summed E-state index contributed by atoms with van der Waals surface area (Å²) >= 11 is 0. The topological polar surface area (TPSA) is 32.5 Å². The van der Waals surface area contributed by atoms with Crippen LogP contribution in [0.2, 0.25) is 0 Å². The maximum absolute atomic E-state index is 5.96. The molecule has 0 aliphatic rings. The van der Waals surface area contributed by atoms with Gasteiger partial charge in [0.25, 0.3) is 0 Å². The minimum atomic E-state index is 0.396. The van der Waals surface area contributed by atoms with Crippen LogP contribution >= 0.6 is 0 Å². The summed E-state index contributed by atoms with van der Waals surface area (Å²) in [5.74, 6) is 0.461. The normalized spacial score (nSPS) is 15.1. The standard InChI is InChI=1S/C15H27N3/c1-13(14-8-6-5-7-9-14)15(12-16)18(4)11-10-17(2)3/h5-9,13,15H,10-12,16H2,1-4H3. The average molecular weight is 249 g/mol. The highest BCUT2D eigenvalue weighted by molar-refractivity contribution is 5.20. The quantitative estimate of drug-likeness (QED) is 0.797. The van der Waals surface area contributed by atoms with Crippen LogP contribution in [0, 0.1) is 0 Å². The van der Waals surface area contributed by atoms with Gasteiger partial charge in [0.1, 0.15) is 0 Å². The molecule has 18 heavy (non-hydrogen) atoms. The predicted molar refractivity (Wildman–Crippen MR) is 78.9 cm³/mol. The zero-order valence-corrected chi connectivity index (χ0v) is 12.1. The first-order valence-corrected chi connectivity index (χ1v) is 6.66. The van der Waals surface area contributed by atoms with Gasteiger partial charge in [0.2, 0.25) is 0 Å². The number of nitrogens with zero attached hydrogens (tertiary/aromatic N) is 2. The van der Waals surface area contributed by atoms with Crippen molar-refractivity contribution in [2.75, 3.05) is 40.8 Å². The summed E-state index contributed by atoms with van der Waals surface area (Å²) in [5.41, 5.74) is 7.33. The van der Waals surface area contributed by atoms with Gasteiger partial charge in [-0.15, -0.1) is 0 Å². The Morgan fingerprint density at radius 3 is 2.17 bits per heavy atom. The van der Waals surface area contributed by atoms with Crippen LogP contribution in [-0.2, 0) is 0 Å². The van der Waals surface area contributed by atoms with E-state index in [-0.39, 0.29) is 0 Å². The number of benzene rings is 1. The van der Waals surface area contributed by atoms with Crippen molar-refractivity contribution in [1.82, 2.24) is 9.80 Å². The van der Waals surface area contributed by atoms with E-state index in [9.17, 15) is 0 Å². The molecule has 0 bridgehead atoms. The number of rotatable bonds is 7. The van der Waals surface area contributed by atoms with Gasteiger partial charge in [-0.05, 0) is 32.6 Å². The van der Waals surface area contributed by atoms with Gasteiger partial charge in [0, 0.05) is 25.7 Å². The molecular formula is C15H27N3. The maximum atomic E-state index is 5.96. The molecule has 0 saturated carbocycles. The Kier molecular flexibility index (Phi) is 6.33. The van der Waals surface area contributed by atoms with Gasteiger partial charge in [-0.1, -0.05) is 37.3 Å². The lowest BCUT2D eigenvalue weighted by molar-refractivity contribution is 0.200. The van der Waals surface area contributed by atoms with E-state index >= 15 is 0 Å². The van der Waals surface area contributed by atoms with Crippen LogP contribution in [0.25, 0.3) is 0 Å². The van der Waals surface area contributed by atoms with E-state index in [1.807, 2.05) is 0 Å². The molecule has 1 aromatic rings. The van der Waals surface area contributed by atoms with Crippen molar-refractivity contribution in [3.63, 3.8) is 0 Å². The molecule has 0 aliphatic carbocycles. The Morgan fingerprint density at radius 2 is 1.67 bits per heavy atom. The lowest BCUT2D eigenvalue weighted by atomic mass is 9.92. The molecule has 0 saturated heterocycles. The van der Waals surface area contributed by atoms with Gasteiger partial charge in [0.05, 0.1) is 0 Å². The molecule has 1 aromatic carbocycles. The van der Waals surface area contributed by atoms with Gasteiger partial charge in [-0.2, -0.15) is 0 Å². The van der Waals surface area contributed by atoms with Crippen molar-refractivity contribution in [3.8, 4) is 0 Å². The molecule has 2 atom stereocenters. The van der Waals surface area contributed by atoms with Gasteiger partial charge < -0.3 is 15.5 Å². The van der Waals surface area contributed by atoms with E-state index < -0.39 is 0 Å². The van der Waals surface area contributed by atoms with Crippen molar-refractivity contribution in [2.45, 2.75) is 18.9 Å². The van der Waals surface area contributed by atoms with Crippen LogP contribution < -0.4 is 5.73 Å². The van der Waals surface area contributed by atoms with Crippen LogP contribution in [0.4, 0.5) is 0 Å². The van der Waals surface area contributed by atoms with Crippen molar-refractivity contribution < 1.29 is 0 Å². The van der Waals surface area contributed by atoms with E-state index in [1.165, 1.54) is 5.56 Å². The number of hydrogen-bond acceptors (Lipinski definition) is 3. The summed E-state index contributed by atoms with van der Waals surface area (Å²) < 4.78 is 0. The Balaban J connectivity index is 2.65. The van der Waals surface area contributed by atoms with Gasteiger partial charge in [0.15, 0.2) is 0 Å². The Morgan fingerprint density at radius 1 is 1.06 bits per heavy atom. The predicted octanol–water partition coefficient (Wildman–Crippen LogP) is 1.61. The Hall–Kier alpha value is -0.900. The molecule has 2 N–H and O–H groups in total. The zero-order chi connectivity index (χ0) is 13.5. The highest BCUT2D eigenvalue weighted by Crippen LogP contribution is 2.21. The fraction of sp³-hybridized carbons (Fsp3) is 0.600. The average Bonchev–Trinajstić information content (AvgIpc) is 2.38. The minimum Gasteiger partial charge on any atom is -0.329 e. The Labute approximate surface area is 112 Å². The monoisotopic (exact) mass is 249 g/mol. The van der Waals surface area contributed by atoms with E-state index in [4.69, 9.17) is 5.73 Å². The van der Waals surface area contributed by atoms with Crippen LogP contribution in [0.15, 0.2) is 30.3 Å². The molecule has 0 aliphatic heterocycles. The van der Waals surface area contributed by atoms with Crippen molar-refractivity contribution in [2.24, 2.45) is 5.73 Å². The van der Waals surface area contributed by atoms with Crippen LogP contribution in [0.3, 0.4) is 0 Å². The van der Waals surface area contributed by atoms with Gasteiger partial charge in [-0.25, -0.2) is 0 Å². The minimum absolute atomic E-state index is 0.396. The maximum Gasteiger partial charge on any atom is 0.0281 e. The molecule has 2 unspecified atom stereocenters. The first kappa shape index (κ1) is 15.2. The number of nitrogens with two attached hydrogens (primary N) is 1. The summed E-state index contributed by atoms with van der Waals surface area (Å²) in [6.07, 6.45) is 0. The third-order valence-electron chi connectivity index (χ3n) is 3.61. The van der Waals surface area contributed by atoms with Crippen LogP contribution in [0.5, 0.6) is 0 Å². The molecule has 1 rings (SSSR count). The molecule has 3 nitrogen and oxygen atoms in total. The summed E-state index contributed by atoms with van der Waals surface area (Å²) in [5, 5.41) is 0. The van der Waals surface area contributed by atoms with Gasteiger partial charge >= 0.3 is 0 Å². The third kappa shape index (κ3) is 4.41. The summed E-state index contributed by atoms with van der Waals surface area (Å²) in [4.78, 5) is 4.58. The van der Waals surface area contributed by atoms with Crippen LogP contribution in [-0.4, -0.2) is 56.6 Å². The molecular weight excluding hydrogens is 222 g/mol. The van der Waals surface area contributed by atoms with Crippen LogP contribution in [0.1, 0.15) is 18.4 Å². The SMILES string of the molecule is CC(c1ccccc1)C(CN)N(C)CCN(C)C. The summed E-state index contributed by atoms with van der Waals surface area (Å²) in [7, 11) is 6.37. The van der Waals surface area contributed by atoms with Crippen molar-refractivity contribution in [3.05, 3.63) is 35.9 Å². The second-order valence-corrected chi connectivity index (χ2v) is 5.29. The molecule has 0 fully saturated rings. The number of hydrogen-bond donors (Lipinski definition) is 1. The van der Waals surface area contributed by atoms with Gasteiger partial charge in [-0.3, -0.25) is 0 Å². The molecule has 3 heteroatoms. The molecule has 0 radical (unpaired) electrons. The van der Waals surface area contributed by atoms with E-state index in [0.29, 0.717) is 18.5 Å². The molecule has 102 valence electrons. The lowest BCUT2D eigenvalue weighted by Crippen LogP contribution is -2.44. The molecule has 0 heterocycles. The molecule has 0 amide bonds. The largest absolute Gasteiger partial charge is 0.329 e. The molecule has 0 spiro atoms.